The van der Waals surface area contributed by atoms with Crippen LogP contribution in [-0.4, -0.2) is 37.3 Å². The van der Waals surface area contributed by atoms with Gasteiger partial charge in [-0.3, -0.25) is 0 Å². The third kappa shape index (κ3) is 2.52. The molecule has 1 atom stereocenters. The summed E-state index contributed by atoms with van der Waals surface area (Å²) in [6.45, 7) is 0. The van der Waals surface area contributed by atoms with Crippen LogP contribution in [0.3, 0.4) is 0 Å². The normalized spacial score (nSPS) is 23.8. The molecule has 0 aromatic carbocycles. The van der Waals surface area contributed by atoms with Gasteiger partial charge in [0, 0.05) is 0 Å². The number of carboxylic acids is 1. The molecule has 1 unspecified atom stereocenters. The standard InChI is InChI=1S/C6H9O2.In/c1-2-3-4-5-6(7)8;/h1,4H,2-3,5H2,(H,7,8);. The Morgan fingerprint density at radius 2 is 2.67 bits per heavy atom. The fraction of sp³-hybridized carbons (Fsp3) is 0.667. The quantitative estimate of drug-likeness (QED) is 0.749. The van der Waals surface area contributed by atoms with E-state index < -0.39 is 28.4 Å². The predicted molar refractivity (Wildman–Crippen MR) is 37.1 cm³/mol. The number of carboxylic acid groups (broad SMARTS) is 1. The van der Waals surface area contributed by atoms with Crippen molar-refractivity contribution in [1.29, 1.82) is 0 Å². The van der Waals surface area contributed by atoms with Crippen LogP contribution >= 0.6 is 0 Å². The molecule has 3 heteroatoms. The molecule has 0 aromatic rings. The Kier molecular flexibility index (Phi) is 2.76. The van der Waals surface area contributed by atoms with Gasteiger partial charge in [-0.05, 0) is 0 Å². The van der Waals surface area contributed by atoms with Gasteiger partial charge >= 0.3 is 65.0 Å². The minimum absolute atomic E-state index is 0.442. The van der Waals surface area contributed by atoms with Crippen molar-refractivity contribution < 1.29 is 9.90 Å². The van der Waals surface area contributed by atoms with Crippen LogP contribution in [0, 0.1) is 0 Å². The molecule has 0 aliphatic carbocycles. The zero-order valence-electron chi connectivity index (χ0n) is 5.21. The molecule has 0 saturated carbocycles. The summed E-state index contributed by atoms with van der Waals surface area (Å²) >= 11 is -0.495. The maximum absolute atomic E-state index is 10.2. The summed E-state index contributed by atoms with van der Waals surface area (Å²) < 4.78 is 2.99. The van der Waals surface area contributed by atoms with Crippen LogP contribution in [-0.2, 0) is 4.79 Å². The molecule has 2 nitrogen and oxygen atoms in total. The Balaban J connectivity index is 2.28. The van der Waals surface area contributed by atoms with Gasteiger partial charge in [-0.25, -0.2) is 0 Å². The van der Waals surface area contributed by atoms with Gasteiger partial charge in [0.05, 0.1) is 0 Å². The molecule has 0 spiro atoms. The molecule has 0 aromatic heterocycles. The molecule has 0 saturated heterocycles. The fourth-order valence-corrected chi connectivity index (χ4v) is 5.35. The van der Waals surface area contributed by atoms with Crippen LogP contribution in [0.4, 0.5) is 0 Å². The van der Waals surface area contributed by atoms with Crippen molar-refractivity contribution >= 4 is 32.2 Å². The Morgan fingerprint density at radius 1 is 1.89 bits per heavy atom. The van der Waals surface area contributed by atoms with Gasteiger partial charge in [0.2, 0.25) is 0 Å². The Morgan fingerprint density at radius 3 is 3.11 bits per heavy atom. The first kappa shape index (κ1) is 7.32. The van der Waals surface area contributed by atoms with Crippen molar-refractivity contribution in [3.8, 4) is 0 Å². The minimum atomic E-state index is -0.610. The first-order valence-corrected chi connectivity index (χ1v) is 6.98. The van der Waals surface area contributed by atoms with Gasteiger partial charge in [0.1, 0.15) is 0 Å². The van der Waals surface area contributed by atoms with Crippen LogP contribution in [0.15, 0.2) is 0 Å². The third-order valence-corrected chi connectivity index (χ3v) is 6.45. The molecular formula is C6H9InO2. The van der Waals surface area contributed by atoms with Gasteiger partial charge in [0.25, 0.3) is 0 Å². The van der Waals surface area contributed by atoms with E-state index in [1.807, 2.05) is 0 Å². The second-order valence-electron chi connectivity index (χ2n) is 2.36. The predicted octanol–water partition coefficient (Wildman–Crippen LogP) is 0.550. The summed E-state index contributed by atoms with van der Waals surface area (Å²) in [5.41, 5.74) is 0. The van der Waals surface area contributed by atoms with E-state index in [1.165, 1.54) is 6.42 Å². The molecule has 0 amide bonds. The molecule has 48 valence electrons. The van der Waals surface area contributed by atoms with Crippen molar-refractivity contribution in [2.75, 3.05) is 0 Å². The van der Waals surface area contributed by atoms with Crippen molar-refractivity contribution in [3.63, 3.8) is 0 Å². The monoisotopic (exact) mass is 228 g/mol. The molecule has 1 heterocycles. The first-order valence-electron chi connectivity index (χ1n) is 3.17. The van der Waals surface area contributed by atoms with E-state index in [0.29, 0.717) is 10.1 Å². The van der Waals surface area contributed by atoms with Gasteiger partial charge in [0.15, 0.2) is 0 Å². The van der Waals surface area contributed by atoms with Crippen LogP contribution in [0.5, 0.6) is 0 Å². The van der Waals surface area contributed by atoms with Crippen molar-refractivity contribution in [3.05, 3.63) is 0 Å². The van der Waals surface area contributed by atoms with Crippen LogP contribution in [0.1, 0.15) is 19.3 Å². The van der Waals surface area contributed by atoms with Gasteiger partial charge in [-0.2, -0.15) is 0 Å². The Bertz CT molecular complexity index is 142. The molecule has 1 aliphatic heterocycles. The summed E-state index contributed by atoms with van der Waals surface area (Å²) in [6, 6.07) is 0. The number of carbonyl (C=O) groups is 1. The number of hydrogen-bond acceptors (Lipinski definition) is 1. The number of aliphatic carboxylic acids is 1. The van der Waals surface area contributed by atoms with E-state index in [0.717, 1.165) is 6.42 Å². The summed E-state index contributed by atoms with van der Waals surface area (Å²) in [7, 11) is 0. The summed E-state index contributed by atoms with van der Waals surface area (Å²) in [6.07, 6.45) is 2.80. The molecule has 0 bridgehead atoms. The Labute approximate surface area is 65.1 Å². The van der Waals surface area contributed by atoms with Crippen LogP contribution in [0.25, 0.3) is 0 Å². The van der Waals surface area contributed by atoms with E-state index in [4.69, 9.17) is 5.11 Å². The average Bonchev–Trinajstić information content (AvgIpc) is 2.15. The first-order chi connectivity index (χ1) is 4.29. The average molecular weight is 228 g/mol. The van der Waals surface area contributed by atoms with E-state index in [2.05, 4.69) is 3.76 Å². The van der Waals surface area contributed by atoms with E-state index in [1.54, 1.807) is 0 Å². The molecule has 1 N–H and O–H groups in total. The second kappa shape index (κ2) is 3.40. The summed E-state index contributed by atoms with van der Waals surface area (Å²) in [5.74, 6) is -0.610. The van der Waals surface area contributed by atoms with E-state index in [-0.39, 0.29) is 0 Å². The number of rotatable bonds is 2. The molecule has 1 rings (SSSR count). The van der Waals surface area contributed by atoms with E-state index >= 15 is 0 Å². The van der Waals surface area contributed by atoms with Crippen molar-refractivity contribution in [1.82, 2.24) is 0 Å². The number of hydrogen-bond donors (Lipinski definition) is 1. The third-order valence-electron chi connectivity index (χ3n) is 1.55. The van der Waals surface area contributed by atoms with Crippen LogP contribution in [0.2, 0.25) is 3.67 Å². The molecule has 9 heavy (non-hydrogen) atoms. The summed E-state index contributed by atoms with van der Waals surface area (Å²) in [4.78, 5) is 10.2. The van der Waals surface area contributed by atoms with Crippen LogP contribution < -0.4 is 0 Å². The molecular weight excluding hydrogens is 219 g/mol. The maximum atomic E-state index is 10.2. The fourth-order valence-electron chi connectivity index (χ4n) is 1.09. The molecule has 1 aliphatic rings. The van der Waals surface area contributed by atoms with Crippen molar-refractivity contribution in [2.24, 2.45) is 0 Å². The van der Waals surface area contributed by atoms with Gasteiger partial charge in [-0.15, -0.1) is 0 Å². The Hall–Kier alpha value is 0.210. The molecule has 0 radical (unpaired) electrons. The second-order valence-corrected chi connectivity index (χ2v) is 7.50. The van der Waals surface area contributed by atoms with E-state index in [9.17, 15) is 4.79 Å². The topological polar surface area (TPSA) is 37.3 Å². The van der Waals surface area contributed by atoms with Crippen molar-refractivity contribution in [2.45, 2.75) is 22.9 Å². The van der Waals surface area contributed by atoms with Gasteiger partial charge < -0.3 is 0 Å². The van der Waals surface area contributed by atoms with Gasteiger partial charge in [-0.1, -0.05) is 0 Å². The SMILES string of the molecule is O=C(O)C[CH]1CC[CH]=[In]1. The zero-order valence-corrected chi connectivity index (χ0v) is 8.50. The molecule has 0 fully saturated rings. The summed E-state index contributed by atoms with van der Waals surface area (Å²) in [5, 5.41) is 8.39. The zero-order chi connectivity index (χ0) is 6.69.